The van der Waals surface area contributed by atoms with E-state index in [1.807, 2.05) is 0 Å². The Kier molecular flexibility index (Phi) is 3.83. The zero-order valence-corrected chi connectivity index (χ0v) is 14.7. The van der Waals surface area contributed by atoms with E-state index < -0.39 is 0 Å². The molecule has 2 N–H and O–H groups in total. The molecule has 4 aliphatic carbocycles. The van der Waals surface area contributed by atoms with Crippen LogP contribution in [0.1, 0.15) is 55.8 Å². The zero-order valence-electron chi connectivity index (χ0n) is 13.9. The van der Waals surface area contributed by atoms with Crippen LogP contribution < -0.4 is 10.6 Å². The summed E-state index contributed by atoms with van der Waals surface area (Å²) in [7, 11) is 0. The molecule has 0 aliphatic heterocycles. The van der Waals surface area contributed by atoms with Crippen LogP contribution in [0.2, 0.25) is 5.02 Å². The second-order valence-electron chi connectivity index (χ2n) is 8.03. The summed E-state index contributed by atoms with van der Waals surface area (Å²) in [6.07, 6.45) is 7.34. The number of anilines is 1. The van der Waals surface area contributed by atoms with Crippen LogP contribution in [-0.4, -0.2) is 17.4 Å². The number of carbonyl (C=O) groups is 2. The molecule has 0 atom stereocenters. The van der Waals surface area contributed by atoms with Gasteiger partial charge in [-0.15, -0.1) is 0 Å². The van der Waals surface area contributed by atoms with Gasteiger partial charge in [0.05, 0.1) is 10.6 Å². The molecular weight excluding hydrogens is 324 g/mol. The van der Waals surface area contributed by atoms with E-state index in [4.69, 9.17) is 11.6 Å². The monoisotopic (exact) mass is 346 g/mol. The van der Waals surface area contributed by atoms with Crippen molar-refractivity contribution in [3.05, 3.63) is 28.8 Å². The maximum atomic E-state index is 12.9. The zero-order chi connectivity index (χ0) is 16.9. The maximum Gasteiger partial charge on any atom is 0.253 e. The molecular formula is C19H23ClN2O2. The molecule has 4 fully saturated rings. The van der Waals surface area contributed by atoms with Crippen molar-refractivity contribution < 1.29 is 9.59 Å². The van der Waals surface area contributed by atoms with Gasteiger partial charge in [0.1, 0.15) is 0 Å². The second kappa shape index (κ2) is 5.76. The Bertz CT molecular complexity index is 665. The third-order valence-corrected chi connectivity index (χ3v) is 6.28. The molecule has 24 heavy (non-hydrogen) atoms. The molecule has 128 valence electrons. The fourth-order valence-electron chi connectivity index (χ4n) is 5.55. The van der Waals surface area contributed by atoms with Gasteiger partial charge in [-0.2, -0.15) is 0 Å². The first kappa shape index (κ1) is 15.9. The summed E-state index contributed by atoms with van der Waals surface area (Å²) in [5.74, 6) is 2.05. The summed E-state index contributed by atoms with van der Waals surface area (Å²) < 4.78 is 0. The summed E-state index contributed by atoms with van der Waals surface area (Å²) in [6.45, 7) is 1.45. The van der Waals surface area contributed by atoms with E-state index in [1.165, 1.54) is 26.2 Å². The van der Waals surface area contributed by atoms with Gasteiger partial charge in [0, 0.05) is 18.2 Å². The SMILES string of the molecule is CC(=O)Nc1ccc(Cl)c(C(=O)NC23CC4CC(CC(C4)C2)C3)c1. The minimum absolute atomic E-state index is 0.0425. The number of carbonyl (C=O) groups excluding carboxylic acids is 2. The maximum absolute atomic E-state index is 12.9. The van der Waals surface area contributed by atoms with Crippen LogP contribution in [0.25, 0.3) is 0 Å². The third kappa shape index (κ3) is 2.92. The summed E-state index contributed by atoms with van der Waals surface area (Å²) in [4.78, 5) is 24.1. The molecule has 5 rings (SSSR count). The summed E-state index contributed by atoms with van der Waals surface area (Å²) in [5.41, 5.74) is 1.00. The highest BCUT2D eigenvalue weighted by Crippen LogP contribution is 2.55. The minimum atomic E-state index is -0.162. The van der Waals surface area contributed by atoms with Gasteiger partial charge in [-0.25, -0.2) is 0 Å². The van der Waals surface area contributed by atoms with E-state index in [1.54, 1.807) is 18.2 Å². The number of nitrogens with one attached hydrogen (secondary N) is 2. The summed E-state index contributed by atoms with van der Waals surface area (Å²) >= 11 is 6.24. The van der Waals surface area contributed by atoms with Gasteiger partial charge >= 0.3 is 0 Å². The van der Waals surface area contributed by atoms with Crippen molar-refractivity contribution in [1.82, 2.24) is 5.32 Å². The van der Waals surface area contributed by atoms with Crippen LogP contribution in [0.3, 0.4) is 0 Å². The number of hydrogen-bond acceptors (Lipinski definition) is 2. The molecule has 0 aromatic heterocycles. The number of hydrogen-bond donors (Lipinski definition) is 2. The lowest BCUT2D eigenvalue weighted by atomic mass is 9.53. The first-order valence-corrected chi connectivity index (χ1v) is 9.20. The smallest absolute Gasteiger partial charge is 0.253 e. The van der Waals surface area contributed by atoms with Gasteiger partial charge in [0.25, 0.3) is 5.91 Å². The Hall–Kier alpha value is -1.55. The van der Waals surface area contributed by atoms with Crippen molar-refractivity contribution in [1.29, 1.82) is 0 Å². The van der Waals surface area contributed by atoms with Gasteiger partial charge in [-0.3, -0.25) is 9.59 Å². The normalized spacial score (nSPS) is 33.3. The molecule has 4 bridgehead atoms. The van der Waals surface area contributed by atoms with Crippen LogP contribution in [0.5, 0.6) is 0 Å². The molecule has 0 saturated heterocycles. The highest BCUT2D eigenvalue weighted by Gasteiger charge is 2.51. The van der Waals surface area contributed by atoms with Crippen LogP contribution >= 0.6 is 11.6 Å². The third-order valence-electron chi connectivity index (χ3n) is 5.95. The predicted molar refractivity (Wildman–Crippen MR) is 94.1 cm³/mol. The van der Waals surface area contributed by atoms with E-state index in [0.29, 0.717) is 16.3 Å². The molecule has 2 amide bonds. The fraction of sp³-hybridized carbons (Fsp3) is 0.579. The molecule has 5 heteroatoms. The van der Waals surface area contributed by atoms with Crippen molar-refractivity contribution in [2.75, 3.05) is 5.32 Å². The first-order chi connectivity index (χ1) is 11.4. The van der Waals surface area contributed by atoms with E-state index in [9.17, 15) is 9.59 Å². The largest absolute Gasteiger partial charge is 0.347 e. The molecule has 4 nitrogen and oxygen atoms in total. The fourth-order valence-corrected chi connectivity index (χ4v) is 5.76. The van der Waals surface area contributed by atoms with Gasteiger partial charge < -0.3 is 10.6 Å². The average molecular weight is 347 g/mol. The molecule has 0 unspecified atom stereocenters. The Morgan fingerprint density at radius 1 is 1.08 bits per heavy atom. The lowest BCUT2D eigenvalue weighted by Crippen LogP contribution is -2.59. The molecule has 4 saturated carbocycles. The lowest BCUT2D eigenvalue weighted by molar-refractivity contribution is -0.114. The Labute approximate surface area is 147 Å². The number of rotatable bonds is 3. The average Bonchev–Trinajstić information content (AvgIpc) is 2.46. The predicted octanol–water partition coefficient (Wildman–Crippen LogP) is 4.00. The van der Waals surface area contributed by atoms with Gasteiger partial charge in [-0.05, 0) is 74.5 Å². The first-order valence-electron chi connectivity index (χ1n) is 8.82. The number of halogens is 1. The molecule has 0 heterocycles. The topological polar surface area (TPSA) is 58.2 Å². The van der Waals surface area contributed by atoms with Crippen molar-refractivity contribution in [3.8, 4) is 0 Å². The Morgan fingerprint density at radius 3 is 2.21 bits per heavy atom. The van der Waals surface area contributed by atoms with Crippen molar-refractivity contribution in [3.63, 3.8) is 0 Å². The molecule has 1 aromatic carbocycles. The molecule has 0 radical (unpaired) electrons. The summed E-state index contributed by atoms with van der Waals surface area (Å²) in [5, 5.41) is 6.46. The van der Waals surface area contributed by atoms with Crippen LogP contribution in [-0.2, 0) is 4.79 Å². The molecule has 1 aromatic rings. The highest BCUT2D eigenvalue weighted by atomic mass is 35.5. The van der Waals surface area contributed by atoms with Crippen LogP contribution in [0.15, 0.2) is 18.2 Å². The minimum Gasteiger partial charge on any atom is -0.347 e. The Morgan fingerprint density at radius 2 is 1.67 bits per heavy atom. The summed E-state index contributed by atoms with van der Waals surface area (Å²) in [6, 6.07) is 5.05. The van der Waals surface area contributed by atoms with E-state index >= 15 is 0 Å². The second-order valence-corrected chi connectivity index (χ2v) is 8.44. The van der Waals surface area contributed by atoms with Crippen molar-refractivity contribution in [2.24, 2.45) is 17.8 Å². The van der Waals surface area contributed by atoms with Crippen molar-refractivity contribution in [2.45, 2.75) is 51.0 Å². The van der Waals surface area contributed by atoms with Crippen molar-refractivity contribution >= 4 is 29.1 Å². The molecule has 0 spiro atoms. The quantitative estimate of drug-likeness (QED) is 0.869. The van der Waals surface area contributed by atoms with E-state index in [0.717, 1.165) is 37.0 Å². The number of amides is 2. The standard InChI is InChI=1S/C19H23ClN2O2/c1-11(23)21-15-2-3-17(20)16(7-15)18(24)22-19-8-12-4-13(9-19)6-14(5-12)10-19/h2-3,7,12-14H,4-6,8-10H2,1H3,(H,21,23)(H,22,24). The van der Waals surface area contributed by atoms with E-state index in [2.05, 4.69) is 10.6 Å². The lowest BCUT2D eigenvalue weighted by Gasteiger charge is -2.56. The van der Waals surface area contributed by atoms with Crippen LogP contribution in [0.4, 0.5) is 5.69 Å². The van der Waals surface area contributed by atoms with E-state index in [-0.39, 0.29) is 17.4 Å². The molecule has 4 aliphatic rings. The van der Waals surface area contributed by atoms with Crippen LogP contribution in [0, 0.1) is 17.8 Å². The Balaban J connectivity index is 1.55. The van der Waals surface area contributed by atoms with Gasteiger partial charge in [0.15, 0.2) is 0 Å². The van der Waals surface area contributed by atoms with Gasteiger partial charge in [-0.1, -0.05) is 11.6 Å². The number of benzene rings is 1. The van der Waals surface area contributed by atoms with Gasteiger partial charge in [0.2, 0.25) is 5.91 Å². The highest BCUT2D eigenvalue weighted by molar-refractivity contribution is 6.34.